The van der Waals surface area contributed by atoms with Gasteiger partial charge in [0.05, 0.1) is 30.3 Å². The van der Waals surface area contributed by atoms with Gasteiger partial charge in [0, 0.05) is 11.6 Å². The van der Waals surface area contributed by atoms with Crippen LogP contribution in [0.15, 0.2) is 18.3 Å². The Balaban J connectivity index is 1.55. The summed E-state index contributed by atoms with van der Waals surface area (Å²) in [5, 5.41) is 5.19. The lowest BCUT2D eigenvalue weighted by molar-refractivity contribution is 0.159. The molecule has 5 nitrogen and oxygen atoms in total. The fourth-order valence-corrected chi connectivity index (χ4v) is 3.63. The molecule has 0 amide bonds. The third-order valence-corrected chi connectivity index (χ3v) is 4.78. The minimum absolute atomic E-state index is 0.277. The molecule has 2 aromatic rings. The van der Waals surface area contributed by atoms with Crippen molar-refractivity contribution in [3.8, 4) is 0 Å². The van der Waals surface area contributed by atoms with Crippen LogP contribution in [0.3, 0.4) is 0 Å². The molecule has 2 aliphatic rings. The summed E-state index contributed by atoms with van der Waals surface area (Å²) in [7, 11) is 0. The first kappa shape index (κ1) is 13.4. The first-order valence-electron chi connectivity index (χ1n) is 7.53. The molecule has 0 saturated carbocycles. The summed E-state index contributed by atoms with van der Waals surface area (Å²) >= 11 is 6.31. The summed E-state index contributed by atoms with van der Waals surface area (Å²) in [4.78, 5) is 10.2. The standard InChI is InChI=1S/C15H19ClN4O/c16-11-7-14(19-15-10(11)3-4-17-15)18-12-8-21-9-13(12)20-5-1-2-6-20/h3-4,7,12-13H,1-2,5-6,8-9H2,(H2,17,18,19)/t12-,13-/m0/s1. The SMILES string of the molecule is Clc1cc(N[C@H]2COC[C@@H]2N2CCCC2)nc2[nH]ccc12. The highest BCUT2D eigenvalue weighted by Crippen LogP contribution is 2.26. The molecule has 0 aromatic carbocycles. The Morgan fingerprint density at radius 3 is 3.05 bits per heavy atom. The molecule has 2 saturated heterocycles. The van der Waals surface area contributed by atoms with E-state index in [1.807, 2.05) is 18.3 Å². The van der Waals surface area contributed by atoms with Gasteiger partial charge in [-0.2, -0.15) is 0 Å². The van der Waals surface area contributed by atoms with Crippen LogP contribution in [0.25, 0.3) is 11.0 Å². The Hall–Kier alpha value is -1.30. The molecule has 2 N–H and O–H groups in total. The minimum Gasteiger partial charge on any atom is -0.378 e. The maximum atomic E-state index is 6.31. The van der Waals surface area contributed by atoms with E-state index in [2.05, 4.69) is 20.2 Å². The van der Waals surface area contributed by atoms with E-state index in [1.54, 1.807) is 0 Å². The number of nitrogens with zero attached hydrogens (tertiary/aromatic N) is 2. The number of nitrogens with one attached hydrogen (secondary N) is 2. The van der Waals surface area contributed by atoms with Gasteiger partial charge in [-0.1, -0.05) is 11.6 Å². The lowest BCUT2D eigenvalue weighted by atomic mass is 10.1. The van der Waals surface area contributed by atoms with Crippen molar-refractivity contribution in [1.82, 2.24) is 14.9 Å². The predicted molar refractivity (Wildman–Crippen MR) is 83.9 cm³/mol. The number of aromatic nitrogens is 2. The molecule has 0 bridgehead atoms. The van der Waals surface area contributed by atoms with E-state index in [9.17, 15) is 0 Å². The first-order valence-corrected chi connectivity index (χ1v) is 7.91. The number of fused-ring (bicyclic) bond motifs is 1. The Labute approximate surface area is 128 Å². The number of rotatable bonds is 3. The van der Waals surface area contributed by atoms with E-state index >= 15 is 0 Å². The molecule has 0 spiro atoms. The van der Waals surface area contributed by atoms with Crippen molar-refractivity contribution in [1.29, 1.82) is 0 Å². The highest BCUT2D eigenvalue weighted by atomic mass is 35.5. The van der Waals surface area contributed by atoms with Crippen LogP contribution in [0.2, 0.25) is 5.02 Å². The van der Waals surface area contributed by atoms with E-state index in [4.69, 9.17) is 16.3 Å². The summed E-state index contributed by atoms with van der Waals surface area (Å²) in [6.07, 6.45) is 4.45. The molecule has 4 rings (SSSR count). The summed E-state index contributed by atoms with van der Waals surface area (Å²) in [6, 6.07) is 4.56. The van der Waals surface area contributed by atoms with Crippen LogP contribution in [0, 0.1) is 0 Å². The van der Waals surface area contributed by atoms with Crippen molar-refractivity contribution in [2.45, 2.75) is 24.9 Å². The molecular formula is C15H19ClN4O. The van der Waals surface area contributed by atoms with Crippen molar-refractivity contribution >= 4 is 28.5 Å². The second-order valence-corrected chi connectivity index (χ2v) is 6.24. The molecule has 2 aliphatic heterocycles. The predicted octanol–water partition coefficient (Wildman–Crippen LogP) is 2.49. The van der Waals surface area contributed by atoms with Crippen LogP contribution >= 0.6 is 11.6 Å². The Morgan fingerprint density at radius 2 is 2.19 bits per heavy atom. The fourth-order valence-electron chi connectivity index (χ4n) is 3.37. The number of ether oxygens (including phenoxy) is 1. The first-order chi connectivity index (χ1) is 10.3. The number of hydrogen-bond donors (Lipinski definition) is 2. The van der Waals surface area contributed by atoms with E-state index in [0.717, 1.165) is 35.1 Å². The smallest absolute Gasteiger partial charge is 0.141 e. The maximum absolute atomic E-state index is 6.31. The van der Waals surface area contributed by atoms with Gasteiger partial charge in [-0.3, -0.25) is 4.90 Å². The van der Waals surface area contributed by atoms with Gasteiger partial charge in [0.2, 0.25) is 0 Å². The Kier molecular flexibility index (Phi) is 3.49. The molecule has 2 fully saturated rings. The van der Waals surface area contributed by atoms with Crippen LogP contribution < -0.4 is 5.32 Å². The van der Waals surface area contributed by atoms with E-state index in [-0.39, 0.29) is 6.04 Å². The van der Waals surface area contributed by atoms with Crippen LogP contribution in [0.4, 0.5) is 5.82 Å². The number of H-pyrrole nitrogens is 1. The van der Waals surface area contributed by atoms with Crippen molar-refractivity contribution in [3.05, 3.63) is 23.4 Å². The van der Waals surface area contributed by atoms with Gasteiger partial charge in [0.1, 0.15) is 11.5 Å². The van der Waals surface area contributed by atoms with E-state index in [0.29, 0.717) is 6.04 Å². The normalized spacial score (nSPS) is 26.7. The molecule has 2 atom stereocenters. The van der Waals surface area contributed by atoms with Gasteiger partial charge < -0.3 is 15.0 Å². The third kappa shape index (κ3) is 2.50. The average molecular weight is 307 g/mol. The molecule has 112 valence electrons. The topological polar surface area (TPSA) is 53.2 Å². The number of hydrogen-bond acceptors (Lipinski definition) is 4. The summed E-state index contributed by atoms with van der Waals surface area (Å²) in [5.41, 5.74) is 0.821. The van der Waals surface area contributed by atoms with Crippen LogP contribution in [0.5, 0.6) is 0 Å². The quantitative estimate of drug-likeness (QED) is 0.915. The summed E-state index contributed by atoms with van der Waals surface area (Å²) in [6.45, 7) is 3.88. The second-order valence-electron chi connectivity index (χ2n) is 5.83. The monoisotopic (exact) mass is 306 g/mol. The van der Waals surface area contributed by atoms with Gasteiger partial charge >= 0.3 is 0 Å². The third-order valence-electron chi connectivity index (χ3n) is 4.47. The fraction of sp³-hybridized carbons (Fsp3) is 0.533. The lowest BCUT2D eigenvalue weighted by Crippen LogP contribution is -2.45. The van der Waals surface area contributed by atoms with Crippen LogP contribution in [0.1, 0.15) is 12.8 Å². The number of anilines is 1. The molecule has 0 aliphatic carbocycles. The minimum atomic E-state index is 0.277. The van der Waals surface area contributed by atoms with Crippen molar-refractivity contribution < 1.29 is 4.74 Å². The number of halogens is 1. The number of likely N-dealkylation sites (tertiary alicyclic amines) is 1. The van der Waals surface area contributed by atoms with E-state index < -0.39 is 0 Å². The zero-order valence-electron chi connectivity index (χ0n) is 11.8. The summed E-state index contributed by atoms with van der Waals surface area (Å²) < 4.78 is 5.68. The van der Waals surface area contributed by atoms with Crippen molar-refractivity contribution in [3.63, 3.8) is 0 Å². The van der Waals surface area contributed by atoms with Crippen molar-refractivity contribution in [2.24, 2.45) is 0 Å². The van der Waals surface area contributed by atoms with Gasteiger partial charge in [-0.05, 0) is 38.1 Å². The molecule has 2 aromatic heterocycles. The average Bonchev–Trinajstić information content (AvgIpc) is 3.19. The molecule has 0 unspecified atom stereocenters. The summed E-state index contributed by atoms with van der Waals surface area (Å²) in [5.74, 6) is 0.814. The lowest BCUT2D eigenvalue weighted by Gasteiger charge is -2.28. The molecule has 6 heteroatoms. The van der Waals surface area contributed by atoms with Gasteiger partial charge in [0.25, 0.3) is 0 Å². The molecule has 21 heavy (non-hydrogen) atoms. The largest absolute Gasteiger partial charge is 0.378 e. The van der Waals surface area contributed by atoms with Gasteiger partial charge in [-0.25, -0.2) is 4.98 Å². The zero-order chi connectivity index (χ0) is 14.2. The van der Waals surface area contributed by atoms with Gasteiger partial charge in [0.15, 0.2) is 0 Å². The van der Waals surface area contributed by atoms with Crippen molar-refractivity contribution in [2.75, 3.05) is 31.6 Å². The Bertz CT molecular complexity index is 638. The van der Waals surface area contributed by atoms with Crippen LogP contribution in [-0.2, 0) is 4.74 Å². The molecule has 4 heterocycles. The van der Waals surface area contributed by atoms with Crippen LogP contribution in [-0.4, -0.2) is 53.3 Å². The molecular weight excluding hydrogens is 288 g/mol. The van der Waals surface area contributed by atoms with E-state index in [1.165, 1.54) is 25.9 Å². The number of pyridine rings is 1. The van der Waals surface area contributed by atoms with Gasteiger partial charge in [-0.15, -0.1) is 0 Å². The number of aromatic amines is 1. The highest BCUT2D eigenvalue weighted by Gasteiger charge is 2.34. The maximum Gasteiger partial charge on any atom is 0.141 e. The second kappa shape index (κ2) is 5.48. The Morgan fingerprint density at radius 1 is 1.33 bits per heavy atom. The molecule has 0 radical (unpaired) electrons. The highest BCUT2D eigenvalue weighted by molar-refractivity contribution is 6.35. The zero-order valence-corrected chi connectivity index (χ0v) is 12.6.